The van der Waals surface area contributed by atoms with Crippen LogP contribution >= 0.6 is 11.3 Å². The van der Waals surface area contributed by atoms with Crippen molar-refractivity contribution in [1.29, 1.82) is 0 Å². The maximum absolute atomic E-state index is 12.1. The molecule has 1 fully saturated rings. The van der Waals surface area contributed by atoms with Gasteiger partial charge in [-0.3, -0.25) is 10.1 Å². The Morgan fingerprint density at radius 1 is 1.13 bits per heavy atom. The number of benzene rings is 1. The second kappa shape index (κ2) is 6.74. The number of nitrogens with zero attached hydrogens (tertiary/aromatic N) is 4. The topological polar surface area (TPSA) is 78.4 Å². The van der Waals surface area contributed by atoms with Gasteiger partial charge < -0.3 is 9.80 Å². The van der Waals surface area contributed by atoms with E-state index in [2.05, 4.69) is 20.4 Å². The number of hydrogen-bond acceptors (Lipinski definition) is 6. The zero-order chi connectivity index (χ0) is 16.2. The van der Waals surface area contributed by atoms with E-state index in [1.165, 1.54) is 11.3 Å². The Morgan fingerprint density at radius 3 is 2.39 bits per heavy atom. The van der Waals surface area contributed by atoms with Gasteiger partial charge in [0.25, 0.3) is 0 Å². The largest absolute Gasteiger partial charge is 0.368 e. The lowest BCUT2D eigenvalue weighted by atomic mass is 10.1. The number of Topliss-reactive ketones (excluding diaryl/α,β-unsaturated/α-hetero) is 1. The quantitative estimate of drug-likeness (QED) is 0.871. The third kappa shape index (κ3) is 3.65. The van der Waals surface area contributed by atoms with Gasteiger partial charge >= 0.3 is 6.03 Å². The molecule has 1 aromatic heterocycles. The monoisotopic (exact) mass is 331 g/mol. The lowest BCUT2D eigenvalue weighted by Crippen LogP contribution is -2.50. The molecule has 23 heavy (non-hydrogen) atoms. The van der Waals surface area contributed by atoms with E-state index in [1.807, 2.05) is 24.3 Å². The van der Waals surface area contributed by atoms with Crippen molar-refractivity contribution < 1.29 is 9.59 Å². The van der Waals surface area contributed by atoms with Crippen molar-refractivity contribution in [3.8, 4) is 0 Å². The average Bonchev–Trinajstić information content (AvgIpc) is 3.08. The molecule has 0 spiro atoms. The molecule has 2 heterocycles. The number of aromatic nitrogens is 2. The van der Waals surface area contributed by atoms with Crippen LogP contribution in [0, 0.1) is 0 Å². The minimum absolute atomic E-state index is 0.0646. The SMILES string of the molecule is CC(=O)c1ccc(N2CCN(C(=O)Nc3nncs3)CC2)cc1. The Balaban J connectivity index is 1.55. The third-order valence-electron chi connectivity index (χ3n) is 3.78. The van der Waals surface area contributed by atoms with Crippen molar-refractivity contribution in [2.45, 2.75) is 6.92 Å². The summed E-state index contributed by atoms with van der Waals surface area (Å²) in [7, 11) is 0. The number of ketones is 1. The standard InChI is InChI=1S/C15H17N5O2S/c1-11(21)12-2-4-13(5-3-12)19-6-8-20(9-7-19)15(22)17-14-18-16-10-23-14/h2-5,10H,6-9H2,1H3,(H,17,18,22). The number of urea groups is 1. The van der Waals surface area contributed by atoms with Crippen LogP contribution in [-0.2, 0) is 0 Å². The van der Waals surface area contributed by atoms with Crippen molar-refractivity contribution in [3.05, 3.63) is 35.3 Å². The first-order valence-corrected chi connectivity index (χ1v) is 8.19. The zero-order valence-electron chi connectivity index (χ0n) is 12.7. The number of hydrogen-bond donors (Lipinski definition) is 1. The molecule has 0 bridgehead atoms. The fourth-order valence-electron chi connectivity index (χ4n) is 2.47. The van der Waals surface area contributed by atoms with E-state index in [0.717, 1.165) is 18.8 Å². The maximum atomic E-state index is 12.1. The fraction of sp³-hybridized carbons (Fsp3) is 0.333. The Kier molecular flexibility index (Phi) is 4.52. The first-order chi connectivity index (χ1) is 11.1. The van der Waals surface area contributed by atoms with Gasteiger partial charge in [-0.1, -0.05) is 11.3 Å². The zero-order valence-corrected chi connectivity index (χ0v) is 13.5. The van der Waals surface area contributed by atoms with Crippen LogP contribution in [0.15, 0.2) is 29.8 Å². The number of carbonyl (C=O) groups excluding carboxylic acids is 2. The number of carbonyl (C=O) groups is 2. The van der Waals surface area contributed by atoms with E-state index < -0.39 is 0 Å². The molecule has 1 saturated heterocycles. The highest BCUT2D eigenvalue weighted by molar-refractivity contribution is 7.13. The molecule has 2 aromatic rings. The molecular weight excluding hydrogens is 314 g/mol. The Morgan fingerprint density at radius 2 is 1.83 bits per heavy atom. The van der Waals surface area contributed by atoms with Crippen molar-refractivity contribution in [2.24, 2.45) is 0 Å². The molecule has 0 unspecified atom stereocenters. The average molecular weight is 331 g/mol. The van der Waals surface area contributed by atoms with Gasteiger partial charge in [-0.15, -0.1) is 10.2 Å². The second-order valence-corrected chi connectivity index (χ2v) is 6.08. The summed E-state index contributed by atoms with van der Waals surface area (Å²) < 4.78 is 0. The molecule has 1 aliphatic heterocycles. The minimum Gasteiger partial charge on any atom is -0.368 e. The maximum Gasteiger partial charge on any atom is 0.323 e. The Bertz CT molecular complexity index is 678. The summed E-state index contributed by atoms with van der Waals surface area (Å²) in [5.41, 5.74) is 3.36. The van der Waals surface area contributed by atoms with Crippen molar-refractivity contribution in [1.82, 2.24) is 15.1 Å². The summed E-state index contributed by atoms with van der Waals surface area (Å²) in [5.74, 6) is 0.0646. The molecule has 0 aliphatic carbocycles. The first kappa shape index (κ1) is 15.4. The van der Waals surface area contributed by atoms with Gasteiger partial charge in [0.2, 0.25) is 5.13 Å². The summed E-state index contributed by atoms with van der Waals surface area (Å²) >= 11 is 1.30. The van der Waals surface area contributed by atoms with Gasteiger partial charge in [-0.25, -0.2) is 4.79 Å². The summed E-state index contributed by atoms with van der Waals surface area (Å²) in [6, 6.07) is 7.44. The minimum atomic E-state index is -0.145. The van der Waals surface area contributed by atoms with E-state index in [1.54, 1.807) is 17.3 Å². The number of amides is 2. The number of anilines is 2. The number of rotatable bonds is 3. The van der Waals surface area contributed by atoms with Gasteiger partial charge in [0, 0.05) is 37.4 Å². The molecule has 7 nitrogen and oxygen atoms in total. The van der Waals surface area contributed by atoms with E-state index in [-0.39, 0.29) is 11.8 Å². The van der Waals surface area contributed by atoms with Crippen LogP contribution in [0.1, 0.15) is 17.3 Å². The highest BCUT2D eigenvalue weighted by Crippen LogP contribution is 2.18. The molecule has 0 radical (unpaired) electrons. The van der Waals surface area contributed by atoms with E-state index in [4.69, 9.17) is 0 Å². The van der Waals surface area contributed by atoms with Gasteiger partial charge in [0.15, 0.2) is 5.78 Å². The normalized spacial score (nSPS) is 14.7. The van der Waals surface area contributed by atoms with Crippen LogP contribution in [0.2, 0.25) is 0 Å². The Hall–Kier alpha value is -2.48. The molecule has 1 aliphatic rings. The van der Waals surface area contributed by atoms with Crippen molar-refractivity contribution in [3.63, 3.8) is 0 Å². The highest BCUT2D eigenvalue weighted by atomic mass is 32.1. The van der Waals surface area contributed by atoms with Gasteiger partial charge in [-0.2, -0.15) is 0 Å². The lowest BCUT2D eigenvalue weighted by molar-refractivity contribution is 0.101. The predicted octanol–water partition coefficient (Wildman–Crippen LogP) is 2.09. The Labute approximate surface area is 137 Å². The summed E-state index contributed by atoms with van der Waals surface area (Å²) in [4.78, 5) is 27.4. The summed E-state index contributed by atoms with van der Waals surface area (Å²) in [6.45, 7) is 4.34. The van der Waals surface area contributed by atoms with E-state index >= 15 is 0 Å². The van der Waals surface area contributed by atoms with Crippen LogP contribution in [-0.4, -0.2) is 53.1 Å². The predicted molar refractivity (Wildman–Crippen MR) is 89.2 cm³/mol. The number of piperazine rings is 1. The lowest BCUT2D eigenvalue weighted by Gasteiger charge is -2.35. The molecular formula is C15H17N5O2S. The fourth-order valence-corrected chi connectivity index (χ4v) is 2.91. The summed E-state index contributed by atoms with van der Waals surface area (Å²) in [5, 5.41) is 10.8. The molecule has 1 aromatic carbocycles. The highest BCUT2D eigenvalue weighted by Gasteiger charge is 2.22. The molecule has 120 valence electrons. The van der Waals surface area contributed by atoms with Crippen molar-refractivity contribution >= 4 is 34.0 Å². The molecule has 0 atom stereocenters. The molecule has 3 rings (SSSR count). The number of nitrogens with one attached hydrogen (secondary N) is 1. The first-order valence-electron chi connectivity index (χ1n) is 7.31. The van der Waals surface area contributed by atoms with Gasteiger partial charge in [0.05, 0.1) is 0 Å². The smallest absolute Gasteiger partial charge is 0.323 e. The van der Waals surface area contributed by atoms with Crippen LogP contribution < -0.4 is 10.2 Å². The van der Waals surface area contributed by atoms with Crippen molar-refractivity contribution in [2.75, 3.05) is 36.4 Å². The van der Waals surface area contributed by atoms with E-state index in [0.29, 0.717) is 23.8 Å². The summed E-state index contributed by atoms with van der Waals surface area (Å²) in [6.07, 6.45) is 0. The van der Waals surface area contributed by atoms with Crippen LogP contribution in [0.4, 0.5) is 15.6 Å². The van der Waals surface area contributed by atoms with Gasteiger partial charge in [-0.05, 0) is 31.2 Å². The third-order valence-corrected chi connectivity index (χ3v) is 4.39. The van der Waals surface area contributed by atoms with Crippen LogP contribution in [0.25, 0.3) is 0 Å². The molecule has 0 saturated carbocycles. The second-order valence-electron chi connectivity index (χ2n) is 5.25. The molecule has 1 N–H and O–H groups in total. The van der Waals surface area contributed by atoms with Gasteiger partial charge in [0.1, 0.15) is 5.51 Å². The van der Waals surface area contributed by atoms with Crippen LogP contribution in [0.5, 0.6) is 0 Å². The molecule has 2 amide bonds. The molecule has 8 heteroatoms. The van der Waals surface area contributed by atoms with E-state index in [9.17, 15) is 9.59 Å². The van der Waals surface area contributed by atoms with Crippen LogP contribution in [0.3, 0.4) is 0 Å².